The maximum absolute atomic E-state index is 9.16. The maximum atomic E-state index is 9.16. The molecule has 0 saturated heterocycles. The third kappa shape index (κ3) is 4.99. The third-order valence-electron chi connectivity index (χ3n) is 5.32. The third-order valence-corrected chi connectivity index (χ3v) is 6.35. The molecule has 0 unspecified atom stereocenters. The maximum Gasteiger partial charge on any atom is 0.132 e. The second-order valence-corrected chi connectivity index (χ2v) is 8.29. The molecule has 32 heavy (non-hydrogen) atoms. The van der Waals surface area contributed by atoms with Gasteiger partial charge in [-0.15, -0.1) is 11.3 Å². The van der Waals surface area contributed by atoms with Gasteiger partial charge < -0.3 is 15.6 Å². The molecule has 0 saturated carbocycles. The van der Waals surface area contributed by atoms with Gasteiger partial charge in [-0.3, -0.25) is 4.90 Å². The number of nitrogens with zero attached hydrogens (tertiary/aromatic N) is 2. The highest BCUT2D eigenvalue weighted by Gasteiger charge is 2.13. The van der Waals surface area contributed by atoms with E-state index in [1.807, 2.05) is 48.7 Å². The summed E-state index contributed by atoms with van der Waals surface area (Å²) in [5.41, 5.74) is 9.49. The highest BCUT2D eigenvalue weighted by Crippen LogP contribution is 2.39. The van der Waals surface area contributed by atoms with Gasteiger partial charge in [0.1, 0.15) is 17.3 Å². The number of aliphatic hydroxyl groups excluding tert-OH is 1. The van der Waals surface area contributed by atoms with E-state index in [0.717, 1.165) is 51.4 Å². The molecule has 2 heterocycles. The van der Waals surface area contributed by atoms with Crippen molar-refractivity contribution in [2.24, 2.45) is 0 Å². The molecule has 164 valence electrons. The summed E-state index contributed by atoms with van der Waals surface area (Å²) in [6.07, 6.45) is 6.03. The number of hydrogen-bond acceptors (Lipinski definition) is 6. The molecule has 0 aliphatic heterocycles. The zero-order valence-corrected chi connectivity index (χ0v) is 18.9. The van der Waals surface area contributed by atoms with E-state index in [0.29, 0.717) is 12.4 Å². The molecule has 0 bridgehead atoms. The van der Waals surface area contributed by atoms with Crippen LogP contribution in [0.1, 0.15) is 12.5 Å². The normalized spacial score (nSPS) is 11.6. The molecule has 2 aromatic carbocycles. The van der Waals surface area contributed by atoms with Crippen LogP contribution in [0.2, 0.25) is 0 Å². The molecule has 0 aliphatic carbocycles. The number of anilines is 1. The Hall–Kier alpha value is -3.19. The van der Waals surface area contributed by atoms with E-state index in [1.165, 1.54) is 0 Å². The van der Waals surface area contributed by atoms with E-state index in [4.69, 9.17) is 15.6 Å². The van der Waals surface area contributed by atoms with Gasteiger partial charge in [-0.1, -0.05) is 49.4 Å². The van der Waals surface area contributed by atoms with Crippen LogP contribution < -0.4 is 10.5 Å². The summed E-state index contributed by atoms with van der Waals surface area (Å²) in [5.74, 6) is 2.14. The zero-order chi connectivity index (χ0) is 22.3. The molecule has 4 aromatic rings. The van der Waals surface area contributed by atoms with E-state index in [1.54, 1.807) is 11.3 Å². The SMILES string of the molecule is CCN(CC=Cc1cnc(N)c2c(-c3ccc(Oc4ccccc4)cc3)csc12)CCO. The molecule has 0 amide bonds. The molecule has 4 rings (SSSR count). The Balaban J connectivity index is 1.58. The molecule has 0 radical (unpaired) electrons. The summed E-state index contributed by atoms with van der Waals surface area (Å²) in [4.78, 5) is 6.63. The molecule has 0 fully saturated rings. The fourth-order valence-corrected chi connectivity index (χ4v) is 4.67. The van der Waals surface area contributed by atoms with Crippen LogP contribution in [0.25, 0.3) is 27.3 Å². The number of thiophene rings is 1. The van der Waals surface area contributed by atoms with E-state index in [2.05, 4.69) is 46.5 Å². The quantitative estimate of drug-likeness (QED) is 0.348. The Morgan fingerprint density at radius 1 is 1.09 bits per heavy atom. The summed E-state index contributed by atoms with van der Waals surface area (Å²) in [6.45, 7) is 4.61. The summed E-state index contributed by atoms with van der Waals surface area (Å²) in [6, 6.07) is 17.8. The standard InChI is InChI=1S/C26H27N3O2S/c1-2-29(15-16-30)14-6-7-20-17-28-26(27)24-23(18-32-25(20)24)19-10-12-22(13-11-19)31-21-8-4-3-5-9-21/h3-13,17-18,30H,2,14-16H2,1H3,(H2,27,28). The number of nitrogens with two attached hydrogens (primary N) is 1. The highest BCUT2D eigenvalue weighted by atomic mass is 32.1. The molecular weight excluding hydrogens is 418 g/mol. The number of nitrogen functional groups attached to an aromatic ring is 1. The number of fused-ring (bicyclic) bond motifs is 1. The lowest BCUT2D eigenvalue weighted by Crippen LogP contribution is -2.26. The number of ether oxygens (including phenoxy) is 1. The number of para-hydroxylation sites is 1. The Labute approximate surface area is 192 Å². The summed E-state index contributed by atoms with van der Waals surface area (Å²) < 4.78 is 7.03. The van der Waals surface area contributed by atoms with Crippen molar-refractivity contribution in [3.63, 3.8) is 0 Å². The fourth-order valence-electron chi connectivity index (χ4n) is 3.59. The van der Waals surface area contributed by atoms with Crippen molar-refractivity contribution < 1.29 is 9.84 Å². The van der Waals surface area contributed by atoms with Crippen LogP contribution in [-0.2, 0) is 0 Å². The predicted octanol–water partition coefficient (Wildman–Crippen LogP) is 5.67. The molecule has 3 N–H and O–H groups in total. The largest absolute Gasteiger partial charge is 0.457 e. The van der Waals surface area contributed by atoms with Crippen LogP contribution >= 0.6 is 11.3 Å². The average molecular weight is 446 g/mol. The van der Waals surface area contributed by atoms with E-state index in [9.17, 15) is 0 Å². The Morgan fingerprint density at radius 2 is 1.84 bits per heavy atom. The second kappa shape index (κ2) is 10.4. The lowest BCUT2D eigenvalue weighted by atomic mass is 10.0. The number of aromatic nitrogens is 1. The van der Waals surface area contributed by atoms with Gasteiger partial charge in [0, 0.05) is 40.5 Å². The molecule has 0 atom stereocenters. The second-order valence-electron chi connectivity index (χ2n) is 7.41. The molecule has 0 spiro atoms. The van der Waals surface area contributed by atoms with Crippen molar-refractivity contribution in [3.8, 4) is 22.6 Å². The predicted molar refractivity (Wildman–Crippen MR) is 134 cm³/mol. The van der Waals surface area contributed by atoms with Gasteiger partial charge >= 0.3 is 0 Å². The van der Waals surface area contributed by atoms with Crippen LogP contribution in [0.5, 0.6) is 11.5 Å². The van der Waals surface area contributed by atoms with Gasteiger partial charge in [0.05, 0.1) is 6.61 Å². The first kappa shape index (κ1) is 22.0. The summed E-state index contributed by atoms with van der Waals surface area (Å²) >= 11 is 1.68. The zero-order valence-electron chi connectivity index (χ0n) is 18.1. The van der Waals surface area contributed by atoms with Crippen LogP contribution in [0.4, 0.5) is 5.82 Å². The number of hydrogen-bond donors (Lipinski definition) is 2. The first-order valence-corrected chi connectivity index (χ1v) is 11.6. The lowest BCUT2D eigenvalue weighted by molar-refractivity contribution is 0.214. The van der Waals surface area contributed by atoms with Crippen molar-refractivity contribution in [2.75, 3.05) is 32.0 Å². The number of benzene rings is 2. The Bertz CT molecular complexity index is 1190. The molecule has 0 aliphatic rings. The van der Waals surface area contributed by atoms with Crippen molar-refractivity contribution in [2.45, 2.75) is 6.92 Å². The number of pyridine rings is 1. The van der Waals surface area contributed by atoms with Gasteiger partial charge in [-0.25, -0.2) is 4.98 Å². The topological polar surface area (TPSA) is 71.6 Å². The summed E-state index contributed by atoms with van der Waals surface area (Å²) in [5, 5.41) is 12.3. The molecule has 6 heteroatoms. The van der Waals surface area contributed by atoms with Crippen molar-refractivity contribution in [3.05, 3.63) is 77.8 Å². The van der Waals surface area contributed by atoms with Gasteiger partial charge in [0.25, 0.3) is 0 Å². The van der Waals surface area contributed by atoms with Crippen LogP contribution in [0.3, 0.4) is 0 Å². The minimum absolute atomic E-state index is 0.165. The van der Waals surface area contributed by atoms with Crippen LogP contribution in [0, 0.1) is 0 Å². The van der Waals surface area contributed by atoms with Gasteiger partial charge in [-0.2, -0.15) is 0 Å². The van der Waals surface area contributed by atoms with Crippen molar-refractivity contribution in [1.29, 1.82) is 0 Å². The highest BCUT2D eigenvalue weighted by molar-refractivity contribution is 7.18. The lowest BCUT2D eigenvalue weighted by Gasteiger charge is -2.16. The first-order valence-electron chi connectivity index (χ1n) is 10.7. The van der Waals surface area contributed by atoms with Gasteiger partial charge in [-0.05, 0) is 41.8 Å². The van der Waals surface area contributed by atoms with Gasteiger partial charge in [0.15, 0.2) is 0 Å². The molecule has 5 nitrogen and oxygen atoms in total. The van der Waals surface area contributed by atoms with Crippen LogP contribution in [0.15, 0.2) is 72.3 Å². The minimum Gasteiger partial charge on any atom is -0.457 e. The minimum atomic E-state index is 0.165. The van der Waals surface area contributed by atoms with E-state index >= 15 is 0 Å². The monoisotopic (exact) mass is 445 g/mol. The van der Waals surface area contributed by atoms with E-state index in [-0.39, 0.29) is 6.61 Å². The Morgan fingerprint density at radius 3 is 2.56 bits per heavy atom. The Kier molecular flexibility index (Phi) is 7.17. The first-order chi connectivity index (χ1) is 15.7. The molecular formula is C26H27N3O2S. The van der Waals surface area contributed by atoms with Crippen molar-refractivity contribution in [1.82, 2.24) is 9.88 Å². The van der Waals surface area contributed by atoms with Crippen LogP contribution in [-0.4, -0.2) is 41.2 Å². The van der Waals surface area contributed by atoms with Gasteiger partial charge in [0.2, 0.25) is 0 Å². The number of aliphatic hydroxyl groups is 1. The fraction of sp³-hybridized carbons (Fsp3) is 0.192. The average Bonchev–Trinajstić information content (AvgIpc) is 3.27. The molecule has 2 aromatic heterocycles. The smallest absolute Gasteiger partial charge is 0.132 e. The summed E-state index contributed by atoms with van der Waals surface area (Å²) in [7, 11) is 0. The van der Waals surface area contributed by atoms with E-state index < -0.39 is 0 Å². The number of rotatable bonds is 9. The van der Waals surface area contributed by atoms with Crippen molar-refractivity contribution >= 4 is 33.3 Å². The number of likely N-dealkylation sites (N-methyl/N-ethyl adjacent to an activating group) is 1.